The van der Waals surface area contributed by atoms with Crippen molar-refractivity contribution < 1.29 is 12.8 Å². The predicted octanol–water partition coefficient (Wildman–Crippen LogP) is 2.05. The van der Waals surface area contributed by atoms with Gasteiger partial charge in [0.2, 0.25) is 5.89 Å². The van der Waals surface area contributed by atoms with E-state index in [1.54, 1.807) is 18.2 Å². The van der Waals surface area contributed by atoms with Crippen molar-refractivity contribution >= 4 is 26.6 Å². The molecule has 2 heterocycles. The highest BCUT2D eigenvalue weighted by atomic mass is 32.2. The molecule has 0 amide bonds. The van der Waals surface area contributed by atoms with E-state index in [0.717, 1.165) is 12.8 Å². The Bertz CT molecular complexity index is 690. The maximum atomic E-state index is 12.0. The number of hydrogen-bond acceptors (Lipinski definition) is 5. The molecule has 6 heteroatoms. The molecule has 1 saturated heterocycles. The van der Waals surface area contributed by atoms with Gasteiger partial charge in [-0.25, -0.2) is 13.4 Å². The third-order valence-corrected chi connectivity index (χ3v) is 5.48. The van der Waals surface area contributed by atoms with Gasteiger partial charge in [0, 0.05) is 0 Å². The van der Waals surface area contributed by atoms with Gasteiger partial charge in [-0.05, 0) is 25.0 Å². The Labute approximate surface area is 105 Å². The Balaban J connectivity index is 2.12. The molecule has 5 nitrogen and oxygen atoms in total. The SMILES string of the molecule is Nc1cccc2oc(C3CCCCS3(=O)=O)nc12. The first-order chi connectivity index (χ1) is 8.58. The summed E-state index contributed by atoms with van der Waals surface area (Å²) in [5.74, 6) is 0.494. The fraction of sp³-hybridized carbons (Fsp3) is 0.417. The van der Waals surface area contributed by atoms with E-state index in [2.05, 4.69) is 4.98 Å². The number of rotatable bonds is 1. The summed E-state index contributed by atoms with van der Waals surface area (Å²) in [6, 6.07) is 5.24. The predicted molar refractivity (Wildman–Crippen MR) is 68.8 cm³/mol. The quantitative estimate of drug-likeness (QED) is 0.798. The molecular weight excluding hydrogens is 252 g/mol. The number of aromatic nitrogens is 1. The van der Waals surface area contributed by atoms with E-state index in [4.69, 9.17) is 10.2 Å². The first kappa shape index (κ1) is 11.5. The smallest absolute Gasteiger partial charge is 0.213 e. The van der Waals surface area contributed by atoms with Crippen molar-refractivity contribution in [1.29, 1.82) is 0 Å². The molecule has 1 aromatic carbocycles. The van der Waals surface area contributed by atoms with Crippen LogP contribution in [0.5, 0.6) is 0 Å². The van der Waals surface area contributed by atoms with Gasteiger partial charge in [0.1, 0.15) is 10.8 Å². The van der Waals surface area contributed by atoms with Crippen molar-refractivity contribution in [2.24, 2.45) is 0 Å². The van der Waals surface area contributed by atoms with Crippen molar-refractivity contribution in [3.63, 3.8) is 0 Å². The van der Waals surface area contributed by atoms with Gasteiger partial charge in [-0.15, -0.1) is 0 Å². The van der Waals surface area contributed by atoms with Gasteiger partial charge in [0.25, 0.3) is 0 Å². The summed E-state index contributed by atoms with van der Waals surface area (Å²) in [4.78, 5) is 4.26. The second kappa shape index (κ2) is 3.98. The lowest BCUT2D eigenvalue weighted by atomic mass is 10.2. The van der Waals surface area contributed by atoms with Crippen LogP contribution in [-0.2, 0) is 9.84 Å². The van der Waals surface area contributed by atoms with Crippen LogP contribution in [0.3, 0.4) is 0 Å². The summed E-state index contributed by atoms with van der Waals surface area (Å²) in [7, 11) is -3.13. The third kappa shape index (κ3) is 1.77. The van der Waals surface area contributed by atoms with Crippen LogP contribution in [0, 0.1) is 0 Å². The molecule has 2 aromatic rings. The highest BCUT2D eigenvalue weighted by Gasteiger charge is 2.34. The van der Waals surface area contributed by atoms with Crippen molar-refractivity contribution in [3.8, 4) is 0 Å². The summed E-state index contributed by atoms with van der Waals surface area (Å²) >= 11 is 0. The zero-order valence-corrected chi connectivity index (χ0v) is 10.6. The third-order valence-electron chi connectivity index (χ3n) is 3.32. The maximum Gasteiger partial charge on any atom is 0.213 e. The number of benzene rings is 1. The topological polar surface area (TPSA) is 86.2 Å². The van der Waals surface area contributed by atoms with E-state index in [-0.39, 0.29) is 11.6 Å². The number of sulfone groups is 1. The first-order valence-corrected chi connectivity index (χ1v) is 7.66. The van der Waals surface area contributed by atoms with Gasteiger partial charge in [0.15, 0.2) is 15.4 Å². The zero-order valence-electron chi connectivity index (χ0n) is 9.80. The highest BCUT2D eigenvalue weighted by molar-refractivity contribution is 7.91. The van der Waals surface area contributed by atoms with Crippen LogP contribution < -0.4 is 5.73 Å². The van der Waals surface area contributed by atoms with Crippen molar-refractivity contribution in [3.05, 3.63) is 24.1 Å². The Hall–Kier alpha value is -1.56. The van der Waals surface area contributed by atoms with Crippen molar-refractivity contribution in [2.75, 3.05) is 11.5 Å². The molecule has 0 radical (unpaired) electrons. The van der Waals surface area contributed by atoms with Gasteiger partial charge in [-0.1, -0.05) is 12.5 Å². The summed E-state index contributed by atoms with van der Waals surface area (Å²) in [5.41, 5.74) is 7.40. The van der Waals surface area contributed by atoms with Gasteiger partial charge in [0.05, 0.1) is 11.4 Å². The summed E-state index contributed by atoms with van der Waals surface area (Å²) in [5, 5.41) is -0.613. The standard InChI is InChI=1S/C12H14N2O3S/c13-8-4-3-5-9-11(8)14-12(17-9)10-6-1-2-7-18(10,15)16/h3-5,10H,1-2,6-7,13H2. The monoisotopic (exact) mass is 266 g/mol. The lowest BCUT2D eigenvalue weighted by molar-refractivity contribution is 0.471. The molecule has 2 N–H and O–H groups in total. The second-order valence-corrected chi connectivity index (χ2v) is 6.90. The molecule has 1 aromatic heterocycles. The fourth-order valence-electron chi connectivity index (χ4n) is 2.36. The molecule has 3 rings (SSSR count). The molecule has 1 atom stereocenters. The number of anilines is 1. The molecule has 0 spiro atoms. The minimum absolute atomic E-state index is 0.214. The summed E-state index contributed by atoms with van der Waals surface area (Å²) in [6.07, 6.45) is 2.19. The lowest BCUT2D eigenvalue weighted by Gasteiger charge is -2.18. The van der Waals surface area contributed by atoms with E-state index in [0.29, 0.717) is 23.2 Å². The highest BCUT2D eigenvalue weighted by Crippen LogP contribution is 2.35. The largest absolute Gasteiger partial charge is 0.439 e. The Morgan fingerprint density at radius 2 is 2.17 bits per heavy atom. The Morgan fingerprint density at radius 3 is 2.89 bits per heavy atom. The van der Waals surface area contributed by atoms with Gasteiger partial charge < -0.3 is 10.2 Å². The minimum atomic E-state index is -3.13. The first-order valence-electron chi connectivity index (χ1n) is 5.94. The van der Waals surface area contributed by atoms with Gasteiger partial charge in [-0.2, -0.15) is 0 Å². The molecule has 96 valence electrons. The minimum Gasteiger partial charge on any atom is -0.439 e. The molecule has 0 aliphatic carbocycles. The van der Waals surface area contributed by atoms with Crippen LogP contribution in [0.4, 0.5) is 5.69 Å². The van der Waals surface area contributed by atoms with Crippen LogP contribution >= 0.6 is 0 Å². The Morgan fingerprint density at radius 1 is 1.33 bits per heavy atom. The average molecular weight is 266 g/mol. The van der Waals surface area contributed by atoms with Crippen LogP contribution in [0.1, 0.15) is 30.4 Å². The van der Waals surface area contributed by atoms with E-state index in [9.17, 15) is 8.42 Å². The number of nitrogens with two attached hydrogens (primary N) is 1. The van der Waals surface area contributed by atoms with Gasteiger partial charge >= 0.3 is 0 Å². The van der Waals surface area contributed by atoms with Crippen LogP contribution in [0.15, 0.2) is 22.6 Å². The number of oxazole rings is 1. The van der Waals surface area contributed by atoms with Crippen LogP contribution in [-0.4, -0.2) is 19.2 Å². The lowest BCUT2D eigenvalue weighted by Crippen LogP contribution is -2.21. The Kier molecular flexibility index (Phi) is 2.55. The summed E-state index contributed by atoms with van der Waals surface area (Å²) in [6.45, 7) is 0. The molecule has 18 heavy (non-hydrogen) atoms. The van der Waals surface area contributed by atoms with Gasteiger partial charge in [-0.3, -0.25) is 0 Å². The molecule has 0 bridgehead atoms. The number of para-hydroxylation sites is 1. The second-order valence-electron chi connectivity index (χ2n) is 4.60. The number of hydrogen-bond donors (Lipinski definition) is 1. The molecule has 1 aliphatic rings. The zero-order chi connectivity index (χ0) is 12.8. The number of nitrogens with zero attached hydrogens (tertiary/aromatic N) is 1. The molecule has 1 aliphatic heterocycles. The summed E-state index contributed by atoms with van der Waals surface area (Å²) < 4.78 is 29.6. The molecular formula is C12H14N2O3S. The normalized spacial score (nSPS) is 23.2. The van der Waals surface area contributed by atoms with E-state index in [1.165, 1.54) is 0 Å². The molecule has 0 saturated carbocycles. The molecule has 1 unspecified atom stereocenters. The van der Waals surface area contributed by atoms with E-state index < -0.39 is 15.1 Å². The average Bonchev–Trinajstić information content (AvgIpc) is 2.73. The number of nitrogen functional groups attached to an aromatic ring is 1. The fourth-order valence-corrected chi connectivity index (χ4v) is 4.18. The maximum absolute atomic E-state index is 12.0. The van der Waals surface area contributed by atoms with Crippen LogP contribution in [0.25, 0.3) is 11.1 Å². The van der Waals surface area contributed by atoms with E-state index >= 15 is 0 Å². The number of fused-ring (bicyclic) bond motifs is 1. The van der Waals surface area contributed by atoms with Crippen molar-refractivity contribution in [1.82, 2.24) is 4.98 Å². The van der Waals surface area contributed by atoms with Crippen molar-refractivity contribution in [2.45, 2.75) is 24.5 Å². The van der Waals surface area contributed by atoms with Crippen LogP contribution in [0.2, 0.25) is 0 Å². The van der Waals surface area contributed by atoms with E-state index in [1.807, 2.05) is 0 Å². The molecule has 1 fully saturated rings.